The number of rotatable bonds is 4. The molecule has 0 fully saturated rings. The van der Waals surface area contributed by atoms with E-state index >= 15 is 0 Å². The molecule has 2 aromatic rings. The van der Waals surface area contributed by atoms with Crippen molar-refractivity contribution in [3.05, 3.63) is 44.8 Å². The van der Waals surface area contributed by atoms with E-state index in [9.17, 15) is 9.59 Å². The molecule has 2 amide bonds. The average molecular weight is 356 g/mol. The third kappa shape index (κ3) is 3.78. The quantitative estimate of drug-likeness (QED) is 0.786. The lowest BCUT2D eigenvalue weighted by Gasteiger charge is -2.09. The predicted molar refractivity (Wildman–Crippen MR) is 79.1 cm³/mol. The molecule has 0 radical (unpaired) electrons. The summed E-state index contributed by atoms with van der Waals surface area (Å²) in [5.74, 6) is -1.10. The second-order valence-electron chi connectivity index (χ2n) is 3.77. The lowest BCUT2D eigenvalue weighted by Crippen LogP contribution is -2.28. The second-order valence-corrected chi connectivity index (χ2v) is 5.66. The van der Waals surface area contributed by atoms with E-state index in [1.165, 1.54) is 23.5 Å². The van der Waals surface area contributed by atoms with Crippen molar-refractivity contribution < 1.29 is 14.7 Å². The average Bonchev–Trinajstić information content (AvgIpc) is 2.89. The molecule has 104 valence electrons. The van der Waals surface area contributed by atoms with Gasteiger partial charge in [0.05, 0.1) is 23.3 Å². The molecule has 0 aliphatic rings. The maximum absolute atomic E-state index is 11.7. The maximum atomic E-state index is 11.7. The molecule has 1 aromatic heterocycles. The number of nitrogens with zero attached hydrogens (tertiary/aromatic N) is 1. The first kappa shape index (κ1) is 14.5. The van der Waals surface area contributed by atoms with E-state index in [1.54, 1.807) is 17.8 Å². The number of nitrogens with one attached hydrogen (secondary N) is 2. The highest BCUT2D eigenvalue weighted by molar-refractivity contribution is 9.10. The topological polar surface area (TPSA) is 91.3 Å². The highest BCUT2D eigenvalue weighted by atomic mass is 79.9. The highest BCUT2D eigenvalue weighted by Gasteiger charge is 2.12. The first-order chi connectivity index (χ1) is 9.56. The number of carbonyl (C=O) groups excluding carboxylic acids is 1. The number of halogens is 1. The Morgan fingerprint density at radius 1 is 1.40 bits per heavy atom. The van der Waals surface area contributed by atoms with Crippen LogP contribution in [0.1, 0.15) is 15.2 Å². The Hall–Kier alpha value is -1.93. The molecule has 8 heteroatoms. The molecular formula is C12H10BrN3O3S. The Balaban J connectivity index is 2.03. The van der Waals surface area contributed by atoms with Crippen LogP contribution in [0.4, 0.5) is 10.5 Å². The molecule has 0 aliphatic carbocycles. The van der Waals surface area contributed by atoms with E-state index in [0.717, 1.165) is 4.88 Å². The number of amides is 2. The van der Waals surface area contributed by atoms with Crippen LogP contribution in [-0.2, 0) is 6.54 Å². The SMILES string of the molecule is O=C(NCc1cncs1)Nc1cc(Br)ccc1C(=O)O. The van der Waals surface area contributed by atoms with Crippen LogP contribution in [0.5, 0.6) is 0 Å². The Morgan fingerprint density at radius 2 is 2.20 bits per heavy atom. The Kier molecular flexibility index (Phi) is 4.70. The van der Waals surface area contributed by atoms with Crippen LogP contribution in [0.2, 0.25) is 0 Å². The summed E-state index contributed by atoms with van der Waals surface area (Å²) in [5, 5.41) is 14.2. The molecule has 1 heterocycles. The summed E-state index contributed by atoms with van der Waals surface area (Å²) in [6, 6.07) is 4.09. The molecule has 0 atom stereocenters. The van der Waals surface area contributed by atoms with Gasteiger partial charge in [-0.1, -0.05) is 15.9 Å². The molecule has 20 heavy (non-hydrogen) atoms. The minimum Gasteiger partial charge on any atom is -0.478 e. The molecule has 0 bridgehead atoms. The van der Waals surface area contributed by atoms with Crippen LogP contribution in [-0.4, -0.2) is 22.1 Å². The minimum absolute atomic E-state index is 0.0288. The van der Waals surface area contributed by atoms with Crippen molar-refractivity contribution in [3.8, 4) is 0 Å². The molecular weight excluding hydrogens is 346 g/mol. The first-order valence-corrected chi connectivity index (χ1v) is 7.18. The number of carboxylic acid groups (broad SMARTS) is 1. The predicted octanol–water partition coefficient (Wildman–Crippen LogP) is 2.93. The summed E-state index contributed by atoms with van der Waals surface area (Å²) < 4.78 is 0.681. The van der Waals surface area contributed by atoms with Gasteiger partial charge in [0, 0.05) is 15.5 Å². The van der Waals surface area contributed by atoms with Crippen LogP contribution in [0.25, 0.3) is 0 Å². The van der Waals surface area contributed by atoms with Crippen molar-refractivity contribution in [3.63, 3.8) is 0 Å². The van der Waals surface area contributed by atoms with Gasteiger partial charge in [0.25, 0.3) is 0 Å². The lowest BCUT2D eigenvalue weighted by molar-refractivity contribution is 0.0698. The number of carbonyl (C=O) groups is 2. The molecule has 0 saturated carbocycles. The van der Waals surface area contributed by atoms with Gasteiger partial charge in [-0.15, -0.1) is 11.3 Å². The number of anilines is 1. The van der Waals surface area contributed by atoms with Gasteiger partial charge >= 0.3 is 12.0 Å². The summed E-state index contributed by atoms with van der Waals surface area (Å²) in [7, 11) is 0. The summed E-state index contributed by atoms with van der Waals surface area (Å²) >= 11 is 4.66. The zero-order valence-corrected chi connectivity index (χ0v) is 12.5. The number of benzene rings is 1. The molecule has 1 aromatic carbocycles. The molecule has 0 aliphatic heterocycles. The van der Waals surface area contributed by atoms with Crippen LogP contribution >= 0.6 is 27.3 Å². The summed E-state index contributed by atoms with van der Waals surface area (Å²) in [5.41, 5.74) is 1.93. The van der Waals surface area contributed by atoms with Crippen molar-refractivity contribution in [2.24, 2.45) is 0 Å². The van der Waals surface area contributed by atoms with Crippen LogP contribution in [0.3, 0.4) is 0 Å². The maximum Gasteiger partial charge on any atom is 0.337 e. The number of thiazole rings is 1. The van der Waals surface area contributed by atoms with Crippen molar-refractivity contribution in [1.29, 1.82) is 0 Å². The lowest BCUT2D eigenvalue weighted by atomic mass is 10.2. The Labute approximate surface area is 127 Å². The van der Waals surface area contributed by atoms with E-state index in [2.05, 4.69) is 31.5 Å². The monoisotopic (exact) mass is 355 g/mol. The van der Waals surface area contributed by atoms with Crippen LogP contribution < -0.4 is 10.6 Å². The fourth-order valence-electron chi connectivity index (χ4n) is 1.47. The summed E-state index contributed by atoms with van der Waals surface area (Å²) in [6.07, 6.45) is 1.66. The Morgan fingerprint density at radius 3 is 2.85 bits per heavy atom. The summed E-state index contributed by atoms with van der Waals surface area (Å²) in [4.78, 5) is 27.6. The van der Waals surface area contributed by atoms with Crippen molar-refractivity contribution >= 4 is 45.0 Å². The standard InChI is InChI=1S/C12H10BrN3O3S/c13-7-1-2-9(11(17)18)10(3-7)16-12(19)15-5-8-4-14-6-20-8/h1-4,6H,5H2,(H,17,18)(H2,15,16,19). The van der Waals surface area contributed by atoms with E-state index in [-0.39, 0.29) is 11.3 Å². The number of carboxylic acids is 1. The number of hydrogen-bond acceptors (Lipinski definition) is 4. The third-order valence-electron chi connectivity index (χ3n) is 2.37. The number of aromatic carboxylic acids is 1. The smallest absolute Gasteiger partial charge is 0.337 e. The molecule has 3 N–H and O–H groups in total. The number of hydrogen-bond donors (Lipinski definition) is 3. The molecule has 2 rings (SSSR count). The van der Waals surface area contributed by atoms with Gasteiger partial charge in [-0.2, -0.15) is 0 Å². The van der Waals surface area contributed by atoms with Gasteiger partial charge in [0.2, 0.25) is 0 Å². The molecule has 6 nitrogen and oxygen atoms in total. The second kappa shape index (κ2) is 6.49. The van der Waals surface area contributed by atoms with Gasteiger partial charge in [-0.05, 0) is 18.2 Å². The van der Waals surface area contributed by atoms with E-state index in [0.29, 0.717) is 11.0 Å². The molecule has 0 unspecified atom stereocenters. The van der Waals surface area contributed by atoms with E-state index < -0.39 is 12.0 Å². The fraction of sp³-hybridized carbons (Fsp3) is 0.0833. The zero-order chi connectivity index (χ0) is 14.5. The van der Waals surface area contributed by atoms with Gasteiger partial charge in [0.1, 0.15) is 0 Å². The largest absolute Gasteiger partial charge is 0.478 e. The van der Waals surface area contributed by atoms with E-state index in [1.807, 2.05) is 0 Å². The first-order valence-electron chi connectivity index (χ1n) is 5.51. The highest BCUT2D eigenvalue weighted by Crippen LogP contribution is 2.21. The minimum atomic E-state index is -1.10. The normalized spacial score (nSPS) is 10.1. The van der Waals surface area contributed by atoms with Crippen molar-refractivity contribution in [1.82, 2.24) is 10.3 Å². The summed E-state index contributed by atoms with van der Waals surface area (Å²) in [6.45, 7) is 0.340. The Bertz CT molecular complexity index is 631. The number of urea groups is 1. The number of aromatic nitrogens is 1. The van der Waals surface area contributed by atoms with Crippen molar-refractivity contribution in [2.45, 2.75) is 6.54 Å². The fourth-order valence-corrected chi connectivity index (χ4v) is 2.37. The van der Waals surface area contributed by atoms with Crippen molar-refractivity contribution in [2.75, 3.05) is 5.32 Å². The van der Waals surface area contributed by atoms with Gasteiger partial charge < -0.3 is 15.7 Å². The van der Waals surface area contributed by atoms with Gasteiger partial charge in [0.15, 0.2) is 0 Å². The van der Waals surface area contributed by atoms with Crippen LogP contribution in [0.15, 0.2) is 34.4 Å². The van der Waals surface area contributed by atoms with Crippen LogP contribution in [0, 0.1) is 0 Å². The van der Waals surface area contributed by atoms with Gasteiger partial charge in [-0.25, -0.2) is 9.59 Å². The van der Waals surface area contributed by atoms with Gasteiger partial charge in [-0.3, -0.25) is 4.98 Å². The molecule has 0 spiro atoms. The molecule has 0 saturated heterocycles. The van der Waals surface area contributed by atoms with E-state index in [4.69, 9.17) is 5.11 Å². The zero-order valence-electron chi connectivity index (χ0n) is 10.1. The third-order valence-corrected chi connectivity index (χ3v) is 3.64.